The predicted octanol–water partition coefficient (Wildman–Crippen LogP) is 1.62. The Balaban J connectivity index is -0.0000000750. The topological polar surface area (TPSA) is 20.2 Å². The Morgan fingerprint density at radius 1 is 1.38 bits per heavy atom. The summed E-state index contributed by atoms with van der Waals surface area (Å²) in [7, 11) is 0. The van der Waals surface area contributed by atoms with Gasteiger partial charge in [0.25, 0.3) is 0 Å². The molecule has 2 heteroatoms. The second kappa shape index (κ2) is 25.3. The van der Waals surface area contributed by atoms with E-state index in [0.29, 0.717) is 6.61 Å². The molecule has 0 unspecified atom stereocenters. The van der Waals surface area contributed by atoms with Gasteiger partial charge in [0.2, 0.25) is 0 Å². The van der Waals surface area contributed by atoms with E-state index in [0.717, 1.165) is 12.8 Å². The summed E-state index contributed by atoms with van der Waals surface area (Å²) in [5.74, 6) is 0. The van der Waals surface area contributed by atoms with Crippen LogP contribution < -0.4 is 0 Å². The number of hydrogen-bond acceptors (Lipinski definition) is 1. The Hall–Kier alpha value is 0.674. The molecule has 0 bridgehead atoms. The molecule has 0 amide bonds. The van der Waals surface area contributed by atoms with Gasteiger partial charge in [0.15, 0.2) is 0 Å². The van der Waals surface area contributed by atoms with Gasteiger partial charge in [-0.05, 0) is 6.42 Å². The molecule has 8 heavy (non-hydrogen) atoms. The second-order valence-electron chi connectivity index (χ2n) is 1.08. The molecule has 0 aromatic heterocycles. The van der Waals surface area contributed by atoms with Gasteiger partial charge >= 0.3 is 0 Å². The summed E-state index contributed by atoms with van der Waals surface area (Å²) in [4.78, 5) is 0. The molecule has 0 aromatic carbocycles. The summed E-state index contributed by atoms with van der Waals surface area (Å²) in [5, 5.41) is 8.07. The monoisotopic (exact) mass is 151 g/mol. The minimum absolute atomic E-state index is 0. The zero-order valence-electron chi connectivity index (χ0n) is 5.78. The van der Waals surface area contributed by atoms with Gasteiger partial charge in [-0.2, -0.15) is 6.92 Å². The van der Waals surface area contributed by atoms with E-state index < -0.39 is 0 Å². The largest absolute Gasteiger partial charge is 0.396 e. The Kier molecular flexibility index (Phi) is 50.2. The van der Waals surface area contributed by atoms with Gasteiger partial charge in [0.1, 0.15) is 0 Å². The van der Waals surface area contributed by atoms with E-state index in [-0.39, 0.29) is 21.7 Å². The minimum atomic E-state index is 0. The minimum Gasteiger partial charge on any atom is -0.396 e. The molecule has 0 spiro atoms. The molecule has 1 nitrogen and oxygen atoms in total. The SMILES string of the molecule is CCCCO.[CH2-]C.[Ti]. The maximum absolute atomic E-state index is 8.07. The van der Waals surface area contributed by atoms with Gasteiger partial charge in [-0.3, -0.25) is 0 Å². The standard InChI is InChI=1S/C4H10O.C2H5.Ti/c1-2-3-4-5;1-2;/h5H,2-4H2,1H3;1H2,2H3;/q;-1;. The Bertz CT molecular complexity index is 16.0. The van der Waals surface area contributed by atoms with Crippen LogP contribution in [0.1, 0.15) is 26.7 Å². The first-order chi connectivity index (χ1) is 3.41. The molecule has 0 saturated carbocycles. The molecule has 0 aliphatic carbocycles. The summed E-state index contributed by atoms with van der Waals surface area (Å²) >= 11 is 0. The second-order valence-corrected chi connectivity index (χ2v) is 1.08. The first kappa shape index (κ1) is 15.9. The molecular weight excluding hydrogens is 136 g/mol. The first-order valence-corrected chi connectivity index (χ1v) is 2.73. The van der Waals surface area contributed by atoms with Crippen molar-refractivity contribution in [2.75, 3.05) is 6.61 Å². The van der Waals surface area contributed by atoms with Crippen LogP contribution in [0.5, 0.6) is 0 Å². The number of unbranched alkanes of at least 4 members (excludes halogenated alkanes) is 1. The summed E-state index contributed by atoms with van der Waals surface area (Å²) in [6.07, 6.45) is 2.04. The van der Waals surface area contributed by atoms with Crippen LogP contribution in [0, 0.1) is 6.92 Å². The van der Waals surface area contributed by atoms with Crippen molar-refractivity contribution in [1.29, 1.82) is 0 Å². The third-order valence-electron chi connectivity index (χ3n) is 0.512. The van der Waals surface area contributed by atoms with Crippen LogP contribution in [0.3, 0.4) is 0 Å². The maximum Gasteiger partial charge on any atom is 0.0430 e. The fourth-order valence-corrected chi connectivity index (χ4v) is 0.158. The van der Waals surface area contributed by atoms with Gasteiger partial charge in [0, 0.05) is 28.3 Å². The molecule has 0 aliphatic heterocycles. The van der Waals surface area contributed by atoms with Crippen LogP contribution in [0.2, 0.25) is 0 Å². The zero-order chi connectivity index (χ0) is 6.12. The average Bonchev–Trinajstić information content (AvgIpc) is 1.75. The van der Waals surface area contributed by atoms with E-state index in [1.54, 1.807) is 6.92 Å². The van der Waals surface area contributed by atoms with Crippen molar-refractivity contribution in [3.63, 3.8) is 0 Å². The molecule has 0 aliphatic rings. The fraction of sp³-hybridized carbons (Fsp3) is 0.833. The van der Waals surface area contributed by atoms with Gasteiger partial charge < -0.3 is 12.0 Å². The maximum atomic E-state index is 8.07. The molecule has 0 radical (unpaired) electrons. The number of rotatable bonds is 2. The number of aliphatic hydroxyl groups is 1. The quantitative estimate of drug-likeness (QED) is 0.469. The Morgan fingerprint density at radius 3 is 1.75 bits per heavy atom. The van der Waals surface area contributed by atoms with Crippen molar-refractivity contribution in [1.82, 2.24) is 0 Å². The number of hydrogen-bond donors (Lipinski definition) is 1. The summed E-state index contributed by atoms with van der Waals surface area (Å²) < 4.78 is 0. The summed E-state index contributed by atoms with van der Waals surface area (Å²) in [6.45, 7) is 7.40. The van der Waals surface area contributed by atoms with E-state index in [2.05, 4.69) is 13.8 Å². The van der Waals surface area contributed by atoms with Gasteiger partial charge in [-0.15, -0.1) is 0 Å². The van der Waals surface area contributed by atoms with E-state index in [1.165, 1.54) is 0 Å². The van der Waals surface area contributed by atoms with Crippen LogP contribution in [-0.4, -0.2) is 11.7 Å². The van der Waals surface area contributed by atoms with Crippen molar-refractivity contribution in [3.05, 3.63) is 6.92 Å². The molecule has 50 valence electrons. The molecule has 0 saturated heterocycles. The van der Waals surface area contributed by atoms with Gasteiger partial charge in [-0.25, -0.2) is 0 Å². The molecule has 0 aromatic rings. The van der Waals surface area contributed by atoms with E-state index in [1.807, 2.05) is 0 Å². The van der Waals surface area contributed by atoms with Gasteiger partial charge in [-0.1, -0.05) is 13.3 Å². The fourth-order valence-electron chi connectivity index (χ4n) is 0.158. The normalized spacial score (nSPS) is 6.00. The molecule has 0 fully saturated rings. The van der Waals surface area contributed by atoms with Crippen LogP contribution in [0.4, 0.5) is 0 Å². The van der Waals surface area contributed by atoms with Crippen molar-refractivity contribution in [2.45, 2.75) is 26.7 Å². The van der Waals surface area contributed by atoms with E-state index in [4.69, 9.17) is 5.11 Å². The molecule has 1 N–H and O–H groups in total. The summed E-state index contributed by atoms with van der Waals surface area (Å²) in [5.41, 5.74) is 0. The molecule has 0 heterocycles. The molecule has 0 atom stereocenters. The third-order valence-corrected chi connectivity index (χ3v) is 0.512. The Labute approximate surface area is 67.4 Å². The van der Waals surface area contributed by atoms with Crippen LogP contribution >= 0.6 is 0 Å². The van der Waals surface area contributed by atoms with Crippen LogP contribution in [0.25, 0.3) is 0 Å². The van der Waals surface area contributed by atoms with Crippen LogP contribution in [-0.2, 0) is 21.7 Å². The predicted molar refractivity (Wildman–Crippen MR) is 33.0 cm³/mol. The van der Waals surface area contributed by atoms with Crippen molar-refractivity contribution < 1.29 is 26.8 Å². The third kappa shape index (κ3) is 30.0. The zero-order valence-corrected chi connectivity index (χ0v) is 7.34. The van der Waals surface area contributed by atoms with Crippen molar-refractivity contribution >= 4 is 0 Å². The summed E-state index contributed by atoms with van der Waals surface area (Å²) in [6, 6.07) is 0. The van der Waals surface area contributed by atoms with Gasteiger partial charge in [0.05, 0.1) is 0 Å². The average molecular weight is 151 g/mol. The smallest absolute Gasteiger partial charge is 0.0430 e. The van der Waals surface area contributed by atoms with E-state index in [9.17, 15) is 0 Å². The molecular formula is C6H15OTi-. The number of aliphatic hydroxyl groups excluding tert-OH is 1. The molecule has 0 rings (SSSR count). The first-order valence-electron chi connectivity index (χ1n) is 2.73. The van der Waals surface area contributed by atoms with Crippen LogP contribution in [0.15, 0.2) is 0 Å². The van der Waals surface area contributed by atoms with E-state index >= 15 is 0 Å². The Morgan fingerprint density at radius 2 is 1.75 bits per heavy atom. The van der Waals surface area contributed by atoms with Crippen molar-refractivity contribution in [3.8, 4) is 0 Å². The van der Waals surface area contributed by atoms with Crippen molar-refractivity contribution in [2.24, 2.45) is 0 Å².